The first-order chi connectivity index (χ1) is 6.99. The molecule has 1 aromatic heterocycles. The number of hydrogen-bond acceptors (Lipinski definition) is 4. The molecule has 0 aliphatic heterocycles. The predicted molar refractivity (Wildman–Crippen MR) is 57.1 cm³/mol. The largest absolute Gasteiger partial charge is 0.494 e. The molecule has 0 atom stereocenters. The Morgan fingerprint density at radius 2 is 2.20 bits per heavy atom. The van der Waals surface area contributed by atoms with Gasteiger partial charge < -0.3 is 9.84 Å². The molecule has 0 saturated carbocycles. The first-order valence-corrected chi connectivity index (χ1v) is 5.06. The van der Waals surface area contributed by atoms with Crippen LogP contribution in [0.4, 0.5) is 0 Å². The normalized spacial score (nSPS) is 10.1. The summed E-state index contributed by atoms with van der Waals surface area (Å²) >= 11 is 3.02. The van der Waals surface area contributed by atoms with E-state index in [1.165, 1.54) is 0 Å². The Morgan fingerprint density at radius 1 is 1.60 bits per heavy atom. The van der Waals surface area contributed by atoms with E-state index in [-0.39, 0.29) is 16.6 Å². The number of halogens is 1. The summed E-state index contributed by atoms with van der Waals surface area (Å²) in [6.45, 7) is 3.41. The highest BCUT2D eigenvalue weighted by molar-refractivity contribution is 9.10. The van der Waals surface area contributed by atoms with Gasteiger partial charge in [0.1, 0.15) is 5.56 Å². The van der Waals surface area contributed by atoms with Crippen molar-refractivity contribution in [2.24, 2.45) is 0 Å². The molecule has 0 spiro atoms. The van der Waals surface area contributed by atoms with E-state index in [9.17, 15) is 14.7 Å². The molecule has 5 nitrogen and oxygen atoms in total. The zero-order chi connectivity index (χ0) is 11.6. The van der Waals surface area contributed by atoms with Gasteiger partial charge in [-0.3, -0.25) is 9.78 Å². The minimum absolute atomic E-state index is 0.0247. The number of aromatic amines is 1. The Balaban J connectivity index is 3.36. The number of H-pyrrole nitrogens is 1. The average molecular weight is 276 g/mol. The molecular weight excluding hydrogens is 266 g/mol. The number of hydrogen-bond donors (Lipinski definition) is 2. The third kappa shape index (κ3) is 2.20. The summed E-state index contributed by atoms with van der Waals surface area (Å²) in [4.78, 5) is 24.7. The highest BCUT2D eigenvalue weighted by Gasteiger charge is 2.19. The fourth-order valence-corrected chi connectivity index (χ4v) is 1.43. The van der Waals surface area contributed by atoms with Gasteiger partial charge in [0.25, 0.3) is 5.56 Å². The maximum Gasteiger partial charge on any atom is 0.343 e. The number of aromatic hydroxyl groups is 1. The average Bonchev–Trinajstić information content (AvgIpc) is 2.15. The van der Waals surface area contributed by atoms with E-state index in [1.807, 2.05) is 0 Å². The first kappa shape index (κ1) is 11.8. The molecular formula is C9H10BrNO4. The van der Waals surface area contributed by atoms with Crippen molar-refractivity contribution in [2.75, 3.05) is 6.61 Å². The molecule has 0 radical (unpaired) electrons. The van der Waals surface area contributed by atoms with Crippen molar-refractivity contribution < 1.29 is 14.6 Å². The van der Waals surface area contributed by atoms with Gasteiger partial charge in [0, 0.05) is 0 Å². The number of nitrogens with one attached hydrogen (secondary N) is 1. The standard InChI is InChI=1S/C9H10BrNO4/c1-3-15-9(14)5-4(2)6(10)8(13)11-7(5)12/h3H2,1-2H3,(H2,11,12,13). The SMILES string of the molecule is CCOC(=O)c1c(O)[nH]c(=O)c(Br)c1C. The van der Waals surface area contributed by atoms with Crippen LogP contribution < -0.4 is 5.56 Å². The second-order valence-corrected chi connectivity index (χ2v) is 3.63. The Morgan fingerprint density at radius 3 is 2.73 bits per heavy atom. The molecule has 0 aliphatic carbocycles. The molecule has 0 aliphatic rings. The van der Waals surface area contributed by atoms with Crippen LogP contribution in [0, 0.1) is 6.92 Å². The van der Waals surface area contributed by atoms with E-state index < -0.39 is 17.4 Å². The molecule has 0 saturated heterocycles. The maximum absolute atomic E-state index is 11.4. The lowest BCUT2D eigenvalue weighted by Gasteiger charge is -2.08. The lowest BCUT2D eigenvalue weighted by molar-refractivity contribution is 0.0521. The van der Waals surface area contributed by atoms with E-state index in [2.05, 4.69) is 20.9 Å². The maximum atomic E-state index is 11.4. The van der Waals surface area contributed by atoms with Crippen LogP contribution in [-0.4, -0.2) is 22.7 Å². The quantitative estimate of drug-likeness (QED) is 0.798. The fourth-order valence-electron chi connectivity index (χ4n) is 1.14. The Labute approximate surface area is 94.2 Å². The fraction of sp³-hybridized carbons (Fsp3) is 0.333. The van der Waals surface area contributed by atoms with Crippen molar-refractivity contribution in [3.63, 3.8) is 0 Å². The van der Waals surface area contributed by atoms with Crippen LogP contribution in [0.25, 0.3) is 0 Å². The van der Waals surface area contributed by atoms with Crippen LogP contribution in [0.1, 0.15) is 22.8 Å². The lowest BCUT2D eigenvalue weighted by atomic mass is 10.1. The number of rotatable bonds is 2. The van der Waals surface area contributed by atoms with Gasteiger partial charge in [-0.15, -0.1) is 0 Å². The van der Waals surface area contributed by atoms with Crippen molar-refractivity contribution in [1.29, 1.82) is 0 Å². The predicted octanol–water partition coefficient (Wildman–Crippen LogP) is 1.33. The van der Waals surface area contributed by atoms with Crippen molar-refractivity contribution in [1.82, 2.24) is 4.98 Å². The molecule has 6 heteroatoms. The smallest absolute Gasteiger partial charge is 0.343 e. The van der Waals surface area contributed by atoms with E-state index in [4.69, 9.17) is 4.74 Å². The van der Waals surface area contributed by atoms with Crippen LogP contribution in [-0.2, 0) is 4.74 Å². The molecule has 0 aromatic carbocycles. The van der Waals surface area contributed by atoms with Gasteiger partial charge in [-0.05, 0) is 35.3 Å². The molecule has 1 rings (SSSR count). The molecule has 0 unspecified atom stereocenters. The van der Waals surface area contributed by atoms with Crippen LogP contribution in [0.3, 0.4) is 0 Å². The third-order valence-electron chi connectivity index (χ3n) is 1.85. The molecule has 82 valence electrons. The summed E-state index contributed by atoms with van der Waals surface area (Å²) in [7, 11) is 0. The summed E-state index contributed by atoms with van der Waals surface area (Å²) in [5.74, 6) is -1.14. The van der Waals surface area contributed by atoms with E-state index in [0.29, 0.717) is 5.56 Å². The van der Waals surface area contributed by atoms with Crippen molar-refractivity contribution in [2.45, 2.75) is 13.8 Å². The number of carbonyl (C=O) groups is 1. The Kier molecular flexibility index (Phi) is 3.52. The Hall–Kier alpha value is -1.30. The summed E-state index contributed by atoms with van der Waals surface area (Å²) in [5.41, 5.74) is -0.156. The summed E-state index contributed by atoms with van der Waals surface area (Å²) in [5, 5.41) is 9.42. The Bertz CT molecular complexity index is 452. The second-order valence-electron chi connectivity index (χ2n) is 2.84. The van der Waals surface area contributed by atoms with E-state index >= 15 is 0 Å². The summed E-state index contributed by atoms with van der Waals surface area (Å²) < 4.78 is 4.95. The van der Waals surface area contributed by atoms with Gasteiger partial charge in [-0.2, -0.15) is 0 Å². The zero-order valence-corrected chi connectivity index (χ0v) is 9.84. The van der Waals surface area contributed by atoms with Crippen LogP contribution in [0.2, 0.25) is 0 Å². The van der Waals surface area contributed by atoms with Gasteiger partial charge in [0.05, 0.1) is 11.1 Å². The van der Waals surface area contributed by atoms with Crippen molar-refractivity contribution in [3.8, 4) is 5.88 Å². The molecule has 2 N–H and O–H groups in total. The third-order valence-corrected chi connectivity index (χ3v) is 2.81. The highest BCUT2D eigenvalue weighted by Crippen LogP contribution is 2.22. The highest BCUT2D eigenvalue weighted by atomic mass is 79.9. The van der Waals surface area contributed by atoms with Gasteiger partial charge >= 0.3 is 5.97 Å². The molecule has 15 heavy (non-hydrogen) atoms. The first-order valence-electron chi connectivity index (χ1n) is 4.27. The van der Waals surface area contributed by atoms with Crippen molar-refractivity contribution in [3.05, 3.63) is 26.0 Å². The number of ether oxygens (including phenoxy) is 1. The molecule has 0 fully saturated rings. The van der Waals surface area contributed by atoms with Crippen LogP contribution in [0.5, 0.6) is 5.88 Å². The zero-order valence-electron chi connectivity index (χ0n) is 8.26. The van der Waals surface area contributed by atoms with Gasteiger partial charge in [-0.25, -0.2) is 4.79 Å². The molecule has 0 amide bonds. The lowest BCUT2D eigenvalue weighted by Crippen LogP contribution is -2.15. The summed E-state index contributed by atoms with van der Waals surface area (Å²) in [6, 6.07) is 0. The van der Waals surface area contributed by atoms with E-state index in [0.717, 1.165) is 0 Å². The van der Waals surface area contributed by atoms with Gasteiger partial charge in [0.15, 0.2) is 0 Å². The van der Waals surface area contributed by atoms with Crippen LogP contribution >= 0.6 is 15.9 Å². The topological polar surface area (TPSA) is 79.4 Å². The van der Waals surface area contributed by atoms with E-state index in [1.54, 1.807) is 13.8 Å². The van der Waals surface area contributed by atoms with Crippen LogP contribution in [0.15, 0.2) is 9.27 Å². The van der Waals surface area contributed by atoms with Gasteiger partial charge in [-0.1, -0.05) is 0 Å². The minimum Gasteiger partial charge on any atom is -0.494 e. The number of aromatic nitrogens is 1. The molecule has 1 heterocycles. The minimum atomic E-state index is -0.663. The number of pyridine rings is 1. The van der Waals surface area contributed by atoms with Crippen molar-refractivity contribution >= 4 is 21.9 Å². The number of esters is 1. The summed E-state index contributed by atoms with van der Waals surface area (Å²) in [6.07, 6.45) is 0. The number of carbonyl (C=O) groups excluding carboxylic acids is 1. The molecule has 0 bridgehead atoms. The molecule has 1 aromatic rings. The second kappa shape index (κ2) is 4.48. The monoisotopic (exact) mass is 275 g/mol. The van der Waals surface area contributed by atoms with Gasteiger partial charge in [0.2, 0.25) is 5.88 Å².